The van der Waals surface area contributed by atoms with Gasteiger partial charge in [0.1, 0.15) is 24.5 Å². The van der Waals surface area contributed by atoms with E-state index in [1.165, 1.54) is 5.56 Å². The second-order valence-electron chi connectivity index (χ2n) is 7.50. The maximum Gasteiger partial charge on any atom is 0.137 e. The molecule has 0 amide bonds. The Labute approximate surface area is 172 Å². The highest BCUT2D eigenvalue weighted by atomic mass is 16.5. The van der Waals surface area contributed by atoms with Crippen LogP contribution in [0.25, 0.3) is 0 Å². The van der Waals surface area contributed by atoms with Crippen LogP contribution in [0.3, 0.4) is 0 Å². The first-order chi connectivity index (χ1) is 14.2. The lowest BCUT2D eigenvalue weighted by molar-refractivity contribution is -0.878. The average Bonchev–Trinajstić information content (AvgIpc) is 2.77. The van der Waals surface area contributed by atoms with Gasteiger partial charge in [-0.3, -0.25) is 0 Å². The van der Waals surface area contributed by atoms with E-state index in [4.69, 9.17) is 4.74 Å². The Morgan fingerprint density at radius 1 is 0.897 bits per heavy atom. The number of ether oxygens (including phenoxy) is 1. The number of benzene rings is 3. The first-order valence-electron chi connectivity index (χ1n) is 9.90. The van der Waals surface area contributed by atoms with Gasteiger partial charge in [-0.15, -0.1) is 0 Å². The van der Waals surface area contributed by atoms with Crippen LogP contribution >= 0.6 is 0 Å². The van der Waals surface area contributed by atoms with Crippen molar-refractivity contribution in [3.05, 3.63) is 119 Å². The van der Waals surface area contributed by atoms with E-state index in [0.717, 1.165) is 23.4 Å². The lowest BCUT2D eigenvalue weighted by Gasteiger charge is -2.50. The van der Waals surface area contributed by atoms with Crippen molar-refractivity contribution in [2.75, 3.05) is 13.7 Å². The molecule has 148 valence electrons. The standard InChI is InChI=1S/C25H26N2O2/c1-29-24-14-12-23(13-15-24)25-19-26(18-21-8-4-2-5-9-21)16-17-27(25,28)20-22-10-6-3-7-11-22/h2-17,25H,18-20H2,1H3. The van der Waals surface area contributed by atoms with E-state index >= 15 is 0 Å². The normalized spacial score (nSPS) is 21.2. The topological polar surface area (TPSA) is 35.5 Å². The van der Waals surface area contributed by atoms with E-state index in [2.05, 4.69) is 17.0 Å². The summed E-state index contributed by atoms with van der Waals surface area (Å²) in [5.41, 5.74) is 3.31. The van der Waals surface area contributed by atoms with Gasteiger partial charge in [0.2, 0.25) is 0 Å². The van der Waals surface area contributed by atoms with E-state index in [9.17, 15) is 5.21 Å². The first kappa shape index (κ1) is 19.2. The molecule has 2 unspecified atom stereocenters. The molecule has 0 N–H and O–H groups in total. The van der Waals surface area contributed by atoms with Crippen LogP contribution in [0.2, 0.25) is 0 Å². The molecular formula is C25H26N2O2. The number of methoxy groups -OCH3 is 1. The number of nitrogens with zero attached hydrogens (tertiary/aromatic N) is 2. The zero-order chi connectivity index (χ0) is 20.1. The van der Waals surface area contributed by atoms with Gasteiger partial charge in [-0.2, -0.15) is 0 Å². The summed E-state index contributed by atoms with van der Waals surface area (Å²) in [6.45, 7) is 1.86. The third kappa shape index (κ3) is 4.50. The van der Waals surface area contributed by atoms with Gasteiger partial charge in [0.25, 0.3) is 0 Å². The largest absolute Gasteiger partial charge is 0.627 e. The second-order valence-corrected chi connectivity index (χ2v) is 7.50. The molecule has 1 aliphatic heterocycles. The highest BCUT2D eigenvalue weighted by Gasteiger charge is 2.34. The van der Waals surface area contributed by atoms with Gasteiger partial charge in [-0.1, -0.05) is 60.7 Å². The molecule has 0 saturated heterocycles. The van der Waals surface area contributed by atoms with Gasteiger partial charge in [-0.05, 0) is 29.8 Å². The van der Waals surface area contributed by atoms with Crippen molar-refractivity contribution >= 4 is 0 Å². The Hall–Kier alpha value is -3.08. The Bertz CT molecular complexity index is 942. The number of quaternary nitrogens is 1. The minimum Gasteiger partial charge on any atom is -0.627 e. The highest BCUT2D eigenvalue weighted by Crippen LogP contribution is 2.36. The fourth-order valence-corrected chi connectivity index (χ4v) is 3.88. The van der Waals surface area contributed by atoms with Gasteiger partial charge >= 0.3 is 0 Å². The van der Waals surface area contributed by atoms with Crippen molar-refractivity contribution in [2.24, 2.45) is 0 Å². The lowest BCUT2D eigenvalue weighted by Crippen LogP contribution is -2.47. The SMILES string of the molecule is COc1ccc(C2CN(Cc3ccccc3)C=C[N+]2([O-])Cc2ccccc2)cc1. The van der Waals surface area contributed by atoms with Crippen molar-refractivity contribution in [1.29, 1.82) is 0 Å². The summed E-state index contributed by atoms with van der Waals surface area (Å²) in [4.78, 5) is 2.23. The molecule has 1 heterocycles. The number of hydrogen-bond donors (Lipinski definition) is 0. The van der Waals surface area contributed by atoms with Crippen LogP contribution in [-0.2, 0) is 13.1 Å². The third-order valence-electron chi connectivity index (χ3n) is 5.47. The summed E-state index contributed by atoms with van der Waals surface area (Å²) in [6, 6.07) is 28.0. The van der Waals surface area contributed by atoms with Gasteiger partial charge in [0.05, 0.1) is 19.9 Å². The van der Waals surface area contributed by atoms with Crippen LogP contribution in [0, 0.1) is 5.21 Å². The van der Waals surface area contributed by atoms with Crippen molar-refractivity contribution in [3.63, 3.8) is 0 Å². The summed E-state index contributed by atoms with van der Waals surface area (Å²) in [5, 5.41) is 14.0. The van der Waals surface area contributed by atoms with E-state index in [-0.39, 0.29) is 6.04 Å². The molecule has 4 heteroatoms. The highest BCUT2D eigenvalue weighted by molar-refractivity contribution is 5.29. The van der Waals surface area contributed by atoms with Gasteiger partial charge in [0, 0.05) is 17.7 Å². The molecule has 29 heavy (non-hydrogen) atoms. The number of hydroxylamine groups is 3. The molecule has 4 nitrogen and oxygen atoms in total. The molecule has 0 fully saturated rings. The number of rotatable bonds is 6. The Kier molecular flexibility index (Phi) is 5.65. The quantitative estimate of drug-likeness (QED) is 0.429. The lowest BCUT2D eigenvalue weighted by atomic mass is 10.0. The molecule has 0 bridgehead atoms. The fraction of sp³-hybridized carbons (Fsp3) is 0.200. The van der Waals surface area contributed by atoms with Crippen LogP contribution in [0.1, 0.15) is 22.7 Å². The summed E-state index contributed by atoms with van der Waals surface area (Å²) in [6.07, 6.45) is 3.76. The Balaban J connectivity index is 1.64. The fourth-order valence-electron chi connectivity index (χ4n) is 3.88. The van der Waals surface area contributed by atoms with E-state index in [0.29, 0.717) is 13.1 Å². The molecule has 0 radical (unpaired) electrons. The number of hydrogen-bond acceptors (Lipinski definition) is 3. The zero-order valence-electron chi connectivity index (χ0n) is 16.6. The maximum atomic E-state index is 14.0. The van der Waals surface area contributed by atoms with Crippen molar-refractivity contribution < 1.29 is 9.38 Å². The van der Waals surface area contributed by atoms with Crippen molar-refractivity contribution in [1.82, 2.24) is 4.90 Å². The summed E-state index contributed by atoms with van der Waals surface area (Å²) < 4.78 is 4.90. The molecule has 0 aliphatic carbocycles. The molecule has 3 aromatic carbocycles. The van der Waals surface area contributed by atoms with Crippen LogP contribution in [-0.4, -0.2) is 23.2 Å². The minimum absolute atomic E-state index is 0.213. The minimum atomic E-state index is -0.401. The smallest absolute Gasteiger partial charge is 0.137 e. The molecule has 2 atom stereocenters. The molecule has 3 aromatic rings. The second kappa shape index (κ2) is 8.52. The van der Waals surface area contributed by atoms with Gasteiger partial charge < -0.3 is 19.5 Å². The molecule has 0 saturated carbocycles. The summed E-state index contributed by atoms with van der Waals surface area (Å²) in [7, 11) is 1.66. The van der Waals surface area contributed by atoms with Crippen molar-refractivity contribution in [3.8, 4) is 5.75 Å². The molecule has 0 spiro atoms. The summed E-state index contributed by atoms with van der Waals surface area (Å²) >= 11 is 0. The molecule has 4 rings (SSSR count). The Morgan fingerprint density at radius 3 is 2.14 bits per heavy atom. The van der Waals surface area contributed by atoms with E-state index in [1.54, 1.807) is 13.3 Å². The van der Waals surface area contributed by atoms with Crippen LogP contribution in [0.5, 0.6) is 5.75 Å². The predicted octanol–water partition coefficient (Wildman–Crippen LogP) is 5.24. The molecule has 0 aromatic heterocycles. The summed E-state index contributed by atoms with van der Waals surface area (Å²) in [5.74, 6) is 0.799. The van der Waals surface area contributed by atoms with Crippen LogP contribution in [0.4, 0.5) is 0 Å². The average molecular weight is 386 g/mol. The van der Waals surface area contributed by atoms with E-state index < -0.39 is 4.65 Å². The third-order valence-corrected chi connectivity index (χ3v) is 5.47. The van der Waals surface area contributed by atoms with Crippen molar-refractivity contribution in [2.45, 2.75) is 19.1 Å². The molecular weight excluding hydrogens is 360 g/mol. The zero-order valence-corrected chi connectivity index (χ0v) is 16.6. The Morgan fingerprint density at radius 2 is 1.52 bits per heavy atom. The van der Waals surface area contributed by atoms with Crippen LogP contribution < -0.4 is 4.74 Å². The predicted molar refractivity (Wildman–Crippen MR) is 116 cm³/mol. The first-order valence-corrected chi connectivity index (χ1v) is 9.90. The monoisotopic (exact) mass is 386 g/mol. The van der Waals surface area contributed by atoms with Crippen LogP contribution in [0.15, 0.2) is 97.3 Å². The van der Waals surface area contributed by atoms with Gasteiger partial charge in [-0.25, -0.2) is 0 Å². The molecule has 1 aliphatic rings. The maximum absolute atomic E-state index is 14.0. The van der Waals surface area contributed by atoms with Gasteiger partial charge in [0.15, 0.2) is 0 Å². The van der Waals surface area contributed by atoms with E-state index in [1.807, 2.05) is 79.0 Å².